The summed E-state index contributed by atoms with van der Waals surface area (Å²) in [5.74, 6) is -1.61. The van der Waals surface area contributed by atoms with Crippen LogP contribution in [0.5, 0.6) is 0 Å². The monoisotopic (exact) mass is 519 g/mol. The van der Waals surface area contributed by atoms with E-state index in [0.717, 1.165) is 33.2 Å². The van der Waals surface area contributed by atoms with Crippen molar-refractivity contribution in [2.45, 2.75) is 38.1 Å². The molecule has 36 heavy (non-hydrogen) atoms. The average molecular weight is 520 g/mol. The fourth-order valence-corrected chi connectivity index (χ4v) is 6.60. The van der Waals surface area contributed by atoms with E-state index in [1.54, 1.807) is 12.5 Å². The molecule has 1 aromatic heterocycles. The van der Waals surface area contributed by atoms with Crippen LogP contribution in [0.4, 0.5) is 18.9 Å². The maximum Gasteiger partial charge on any atom is 0.394 e. The molecule has 1 fully saturated rings. The van der Waals surface area contributed by atoms with Crippen LogP contribution in [0.1, 0.15) is 23.2 Å². The number of hydrogen-bond acceptors (Lipinski definition) is 4. The van der Waals surface area contributed by atoms with Crippen molar-refractivity contribution < 1.29 is 21.6 Å². The molecule has 1 saturated heterocycles. The Morgan fingerprint density at radius 1 is 0.972 bits per heavy atom. The second-order valence-electron chi connectivity index (χ2n) is 9.37. The molecular weight excluding hydrogens is 491 g/mol. The van der Waals surface area contributed by atoms with Gasteiger partial charge in [0, 0.05) is 44.1 Å². The summed E-state index contributed by atoms with van der Waals surface area (Å²) in [6.45, 7) is -0.282. The van der Waals surface area contributed by atoms with E-state index in [9.17, 15) is 21.6 Å². The van der Waals surface area contributed by atoms with Gasteiger partial charge >= 0.3 is 6.18 Å². The lowest BCUT2D eigenvalue weighted by Crippen LogP contribution is -2.59. The van der Waals surface area contributed by atoms with E-state index in [4.69, 9.17) is 0 Å². The van der Waals surface area contributed by atoms with Gasteiger partial charge in [-0.2, -0.15) is 30.2 Å². The first-order valence-corrected chi connectivity index (χ1v) is 13.3. The molecule has 3 aromatic rings. The van der Waals surface area contributed by atoms with Gasteiger partial charge in [-0.15, -0.1) is 0 Å². The molecule has 11 heteroatoms. The summed E-state index contributed by atoms with van der Waals surface area (Å²) >= 11 is 0. The second kappa shape index (κ2) is 9.87. The molecular formula is C25H28F3N5O2S. The lowest BCUT2D eigenvalue weighted by Gasteiger charge is -2.42. The zero-order chi connectivity index (χ0) is 25.3. The summed E-state index contributed by atoms with van der Waals surface area (Å²) in [4.78, 5) is 9.44. The Morgan fingerprint density at radius 2 is 1.69 bits per heavy atom. The third-order valence-corrected chi connectivity index (χ3v) is 8.85. The predicted octanol–water partition coefficient (Wildman–Crippen LogP) is 3.97. The number of para-hydroxylation sites is 1. The molecule has 0 bridgehead atoms. The van der Waals surface area contributed by atoms with Crippen molar-refractivity contribution >= 4 is 15.9 Å². The fourth-order valence-electron chi connectivity index (χ4n) is 4.88. The first kappa shape index (κ1) is 24.8. The van der Waals surface area contributed by atoms with Gasteiger partial charge in [-0.1, -0.05) is 48.5 Å². The highest BCUT2D eigenvalue weighted by molar-refractivity contribution is 7.86. The van der Waals surface area contributed by atoms with E-state index >= 15 is 0 Å². The van der Waals surface area contributed by atoms with Gasteiger partial charge in [-0.05, 0) is 30.0 Å². The zero-order valence-corrected chi connectivity index (χ0v) is 20.4. The molecule has 0 spiro atoms. The standard InChI is InChI=1S/C25H28F3N5O2S/c26-25(27,28)21-14-32(15-21)36(34,35)31-13-20-8-4-5-9-24(20)33(16-22-12-29-18-30-22)23(17-31)11-10-19-6-2-1-3-7-19/h1-9,12,18,21,23H,10-11,13-17H2,(H,29,30)/t23-/m1/s1. The third kappa shape index (κ3) is 5.14. The Kier molecular flexibility index (Phi) is 6.80. The van der Waals surface area contributed by atoms with Crippen LogP contribution >= 0.6 is 0 Å². The molecule has 2 aliphatic rings. The summed E-state index contributed by atoms with van der Waals surface area (Å²) in [6, 6.07) is 17.4. The molecule has 0 saturated carbocycles. The van der Waals surface area contributed by atoms with Crippen LogP contribution in [-0.4, -0.2) is 58.8 Å². The van der Waals surface area contributed by atoms with Gasteiger partial charge < -0.3 is 9.88 Å². The number of imidazole rings is 1. The van der Waals surface area contributed by atoms with E-state index in [0.29, 0.717) is 13.0 Å². The van der Waals surface area contributed by atoms with Crippen molar-refractivity contribution in [3.05, 3.63) is 83.9 Å². The molecule has 1 N–H and O–H groups in total. The highest BCUT2D eigenvalue weighted by atomic mass is 32.2. The van der Waals surface area contributed by atoms with E-state index in [1.807, 2.05) is 54.6 Å². The molecule has 5 rings (SSSR count). The topological polar surface area (TPSA) is 72.5 Å². The Labute approximate surface area is 208 Å². The number of nitrogens with one attached hydrogen (secondary N) is 1. The number of alkyl halides is 3. The fraction of sp³-hybridized carbons (Fsp3) is 0.400. The first-order valence-electron chi connectivity index (χ1n) is 11.9. The minimum absolute atomic E-state index is 0.104. The van der Waals surface area contributed by atoms with Crippen LogP contribution in [0.3, 0.4) is 0 Å². The van der Waals surface area contributed by atoms with Crippen molar-refractivity contribution in [1.29, 1.82) is 0 Å². The van der Waals surface area contributed by atoms with E-state index in [-0.39, 0.29) is 19.1 Å². The molecule has 0 radical (unpaired) electrons. The van der Waals surface area contributed by atoms with Crippen molar-refractivity contribution in [3.63, 3.8) is 0 Å². The number of anilines is 1. The number of nitrogens with zero attached hydrogens (tertiary/aromatic N) is 4. The smallest absolute Gasteiger partial charge is 0.361 e. The van der Waals surface area contributed by atoms with Gasteiger partial charge in [0.1, 0.15) is 0 Å². The Balaban J connectivity index is 1.46. The molecule has 2 aliphatic heterocycles. The van der Waals surface area contributed by atoms with Crippen LogP contribution in [0.25, 0.3) is 0 Å². The molecule has 3 heterocycles. The van der Waals surface area contributed by atoms with E-state index in [2.05, 4.69) is 14.9 Å². The van der Waals surface area contributed by atoms with E-state index < -0.39 is 35.4 Å². The minimum Gasteiger partial charge on any atom is -0.361 e. The molecule has 0 aliphatic carbocycles. The van der Waals surface area contributed by atoms with Crippen LogP contribution in [-0.2, 0) is 29.7 Å². The van der Waals surface area contributed by atoms with Gasteiger partial charge in [0.2, 0.25) is 0 Å². The quantitative estimate of drug-likeness (QED) is 0.513. The number of aromatic nitrogens is 2. The van der Waals surface area contributed by atoms with E-state index in [1.165, 1.54) is 4.31 Å². The van der Waals surface area contributed by atoms with Crippen molar-refractivity contribution in [2.24, 2.45) is 5.92 Å². The Hall–Kier alpha value is -2.89. The number of benzene rings is 2. The molecule has 7 nitrogen and oxygen atoms in total. The molecule has 0 amide bonds. The van der Waals surface area contributed by atoms with Crippen molar-refractivity contribution in [1.82, 2.24) is 18.6 Å². The SMILES string of the molecule is O=S(=O)(N1CC(C(F)(F)F)C1)N1Cc2ccccc2N(Cc2cnc[nH]2)[C@H](CCc2ccccc2)C1. The molecule has 2 aromatic carbocycles. The van der Waals surface area contributed by atoms with Gasteiger partial charge in [0.05, 0.1) is 24.5 Å². The summed E-state index contributed by atoms with van der Waals surface area (Å²) in [6.07, 6.45) is 0.366. The Morgan fingerprint density at radius 3 is 2.39 bits per heavy atom. The third-order valence-electron chi connectivity index (χ3n) is 6.97. The number of fused-ring (bicyclic) bond motifs is 1. The van der Waals surface area contributed by atoms with Gasteiger partial charge in [-0.3, -0.25) is 0 Å². The highest BCUT2D eigenvalue weighted by Crippen LogP contribution is 2.38. The molecule has 192 valence electrons. The zero-order valence-electron chi connectivity index (χ0n) is 19.6. The minimum atomic E-state index is -4.39. The largest absolute Gasteiger partial charge is 0.394 e. The van der Waals surface area contributed by atoms with Crippen molar-refractivity contribution in [3.8, 4) is 0 Å². The number of aromatic amines is 1. The van der Waals surface area contributed by atoms with Crippen LogP contribution in [0.2, 0.25) is 0 Å². The lowest BCUT2D eigenvalue weighted by atomic mass is 10.0. The Bertz CT molecular complexity index is 1260. The normalized spacial score (nSPS) is 20.1. The number of halogens is 3. The second-order valence-corrected chi connectivity index (χ2v) is 11.3. The van der Waals surface area contributed by atoms with Gasteiger partial charge in [0.25, 0.3) is 10.2 Å². The summed E-state index contributed by atoms with van der Waals surface area (Å²) in [5.41, 5.74) is 3.76. The summed E-state index contributed by atoms with van der Waals surface area (Å²) in [5, 5.41) is 0. The maximum atomic E-state index is 13.5. The number of hydrogen-bond donors (Lipinski definition) is 1. The first-order chi connectivity index (χ1) is 17.2. The van der Waals surface area contributed by atoms with Crippen LogP contribution in [0, 0.1) is 5.92 Å². The lowest BCUT2D eigenvalue weighted by molar-refractivity contribution is -0.198. The summed E-state index contributed by atoms with van der Waals surface area (Å²) in [7, 11) is -4.07. The number of aryl methyl sites for hydroxylation is 1. The molecule has 0 unspecified atom stereocenters. The highest BCUT2D eigenvalue weighted by Gasteiger charge is 2.52. The van der Waals surface area contributed by atoms with Crippen molar-refractivity contribution in [2.75, 3.05) is 24.5 Å². The molecule has 1 atom stereocenters. The average Bonchev–Trinajstić information content (AvgIpc) is 3.26. The predicted molar refractivity (Wildman–Crippen MR) is 130 cm³/mol. The van der Waals surface area contributed by atoms with Crippen LogP contribution in [0.15, 0.2) is 67.1 Å². The summed E-state index contributed by atoms with van der Waals surface area (Å²) < 4.78 is 68.5. The number of H-pyrrole nitrogens is 1. The van der Waals surface area contributed by atoms with Crippen LogP contribution < -0.4 is 4.90 Å². The maximum absolute atomic E-state index is 13.5. The van der Waals surface area contributed by atoms with Gasteiger partial charge in [-0.25, -0.2) is 4.98 Å². The number of rotatable bonds is 7. The van der Waals surface area contributed by atoms with Gasteiger partial charge in [0.15, 0.2) is 0 Å².